The van der Waals surface area contributed by atoms with E-state index in [9.17, 15) is 28.8 Å². The number of carbonyl (C=O) groups is 6. The van der Waals surface area contributed by atoms with Gasteiger partial charge in [0.25, 0.3) is 0 Å². The summed E-state index contributed by atoms with van der Waals surface area (Å²) >= 11 is 0. The molecule has 28 rings (SSSR count). The highest BCUT2D eigenvalue weighted by atomic mass is 16.5. The molecule has 11 aromatic rings. The number of amides is 3. The molecule has 0 spiro atoms. The summed E-state index contributed by atoms with van der Waals surface area (Å²) in [7, 11) is 1.33. The van der Waals surface area contributed by atoms with E-state index in [1.165, 1.54) is 210 Å². The molecule has 136 heavy (non-hydrogen) atoms. The molecule has 8 fully saturated rings. The molecule has 2 saturated heterocycles. The Kier molecular flexibility index (Phi) is 27.1. The number of aromatic nitrogens is 6. The number of nitrogens with one attached hydrogen (secondary N) is 4. The summed E-state index contributed by atoms with van der Waals surface area (Å²) in [5.74, 6) is 7.17. The summed E-state index contributed by atoms with van der Waals surface area (Å²) in [5.41, 5.74) is 31.5. The van der Waals surface area contributed by atoms with Crippen molar-refractivity contribution in [2.45, 2.75) is 303 Å². The predicted molar refractivity (Wildman–Crippen MR) is 541 cm³/mol. The SMILES string of the molecule is CC(=O)C[C@H](C(=O)O)C(C)C.COC(=O)N[C@H](C(=O)N1[C@H](c2nc3ccc(-c4cc5ccc4CCc4ccc(c(-c6ccc7nc([C@@H]8C[C@@H]9CCCC[C@@H]9N8C(=O)[C@@H](CC(C)=O)C(C)C)[nH]c7c6)c4)CC5)cc3[nH]2)C[C@@H]2CCCC[C@@H]21)C(C)C.c1cc2c(-c3ccc4c(c3)CC(C3C[C@H]5CCCC[C@H]5C3)=N4)cc1CCc1ccc(cc1-c1ccc3nc(C4C[C@H]5CCCC[C@H]5C4)[nH]c3c1)CC2. The fourth-order valence-electron chi connectivity index (χ4n) is 26.8. The molecule has 18 nitrogen and oxygen atoms in total. The average molecular weight is 1830 g/mol. The van der Waals surface area contributed by atoms with Crippen LogP contribution in [0.25, 0.3) is 77.6 Å². The van der Waals surface area contributed by atoms with Gasteiger partial charge < -0.3 is 49.5 Å². The number of ketones is 2. The van der Waals surface area contributed by atoms with Crippen molar-refractivity contribution in [1.82, 2.24) is 45.0 Å². The maximum Gasteiger partial charge on any atom is 0.407 e. The van der Waals surface area contributed by atoms with Crippen LogP contribution in [0, 0.1) is 71.0 Å². The van der Waals surface area contributed by atoms with E-state index in [0.29, 0.717) is 23.7 Å². The molecule has 8 bridgehead atoms. The van der Waals surface area contributed by atoms with Crippen LogP contribution in [-0.4, -0.2) is 111 Å². The minimum Gasteiger partial charge on any atom is -0.481 e. The Morgan fingerprint density at radius 3 is 1.15 bits per heavy atom. The van der Waals surface area contributed by atoms with Crippen LogP contribution in [0.3, 0.4) is 0 Å². The number of carboxylic acids is 1. The van der Waals surface area contributed by atoms with Crippen molar-refractivity contribution in [3.8, 4) is 44.5 Å². The van der Waals surface area contributed by atoms with Crippen LogP contribution in [0.15, 0.2) is 151 Å². The Balaban J connectivity index is 0.000000158. The molecule has 8 aromatic carbocycles. The quantitative estimate of drug-likeness (QED) is 0.0509. The highest BCUT2D eigenvalue weighted by molar-refractivity contribution is 5.97. The number of aliphatic imine (C=N–C) groups is 1. The molecule has 17 aliphatic rings. The third kappa shape index (κ3) is 19.4. The highest BCUT2D eigenvalue weighted by Crippen LogP contribution is 2.54. The van der Waals surface area contributed by atoms with Gasteiger partial charge in [-0.1, -0.05) is 216 Å². The number of aromatic amines is 3. The van der Waals surface area contributed by atoms with Crippen molar-refractivity contribution in [3.05, 3.63) is 213 Å². The van der Waals surface area contributed by atoms with Crippen molar-refractivity contribution in [2.75, 3.05) is 7.11 Å². The highest BCUT2D eigenvalue weighted by Gasteiger charge is 2.51. The Bertz CT molecular complexity index is 6350. The van der Waals surface area contributed by atoms with Crippen LogP contribution in [0.5, 0.6) is 0 Å². The number of fused-ring (bicyclic) bond motifs is 8. The van der Waals surface area contributed by atoms with E-state index in [2.05, 4.69) is 190 Å². The van der Waals surface area contributed by atoms with Gasteiger partial charge in [-0.05, 0) is 332 Å². The average Bonchev–Trinajstić information content (AvgIpc) is 1.60. The third-order valence-electron chi connectivity index (χ3n) is 34.2. The zero-order chi connectivity index (χ0) is 93.8. The van der Waals surface area contributed by atoms with Gasteiger partial charge in [-0.2, -0.15) is 0 Å². The second kappa shape index (κ2) is 39.8. The van der Waals surface area contributed by atoms with E-state index in [-0.39, 0.29) is 84.1 Å². The lowest BCUT2D eigenvalue weighted by Crippen LogP contribution is -2.53. The fraction of sp³-hybridized carbons (Fsp3) is 0.508. The van der Waals surface area contributed by atoms with Crippen LogP contribution in [0.2, 0.25) is 0 Å². The molecule has 5 N–H and O–H groups in total. The van der Waals surface area contributed by atoms with Crippen molar-refractivity contribution in [3.63, 3.8) is 0 Å². The molecule has 14 aliphatic carbocycles. The fourth-order valence-corrected chi connectivity index (χ4v) is 26.8. The number of rotatable bonds is 19. The summed E-state index contributed by atoms with van der Waals surface area (Å²) in [6.45, 7) is 14.7. The summed E-state index contributed by atoms with van der Waals surface area (Å²) < 4.78 is 4.94. The minimum absolute atomic E-state index is 0.0244. The molecule has 3 aliphatic heterocycles. The Hall–Kier alpha value is -11.1. The number of nitrogens with zero attached hydrogens (tertiary/aromatic N) is 6. The van der Waals surface area contributed by atoms with Gasteiger partial charge in [-0.25, -0.2) is 19.7 Å². The van der Waals surface area contributed by atoms with Gasteiger partial charge in [0.15, 0.2) is 0 Å². The standard InChI is InChI=1S/C61H73N7O5.C49H53N3.C8H14O3/c1-34(2)45(27-36(5)69)59(70)67-52-13-9-7-11-43(52)32-54(67)57-62-48-25-23-41(30-50(48)64-57)46-28-37-15-19-39(46)20-16-38-18-22-40(21-17-37)47(29-38)42-24-26-49-51(31-42)65-58(63-49)55-33-44-12-8-10-14-53(44)68(55)60(71)56(35(3)4)66-61(72)73-6;1-2-6-35-24-40(23-34(35)5-1)47-29-41-27-38(17-19-45(41)50-47)43-21-30-9-13-32(43)14-10-31-12-16-33(15-11-30)44(22-31)39-18-20-46-48(28-39)52-49(51-46)42-25-36-7-3-4-8-37(36)26-42;1-5(2)7(8(10)11)4-6(3)9/h15,18-19,22-26,28-31,34-35,43-45,52-56H,7-14,16-17,20-21,27,32-33H2,1-6H3,(H,62,64)(H,63,65)(H,66,72);9,12-13,16-22,27-28,34-37,40,42H,1-8,10-11,14-15,23-26,29H2,(H,51,52);5,7H,4H2,1-3H3,(H,10,11)/t43-,44-,45-,52-,53-,54-,55-,56-;34-,35+,36-,37+,40?,42?;7-/m0.0/s1. The van der Waals surface area contributed by atoms with Crippen LogP contribution < -0.4 is 5.32 Å². The van der Waals surface area contributed by atoms with Gasteiger partial charge in [0.05, 0.1) is 63.9 Å². The first-order chi connectivity index (χ1) is 65.9. The Morgan fingerprint density at radius 1 is 0.397 bits per heavy atom. The maximum atomic E-state index is 14.5. The smallest absolute Gasteiger partial charge is 0.407 e. The molecule has 0 radical (unpaired) electrons. The van der Waals surface area contributed by atoms with Crippen LogP contribution in [0.4, 0.5) is 10.5 Å². The number of likely N-dealkylation sites (tertiary alicyclic amines) is 2. The van der Waals surface area contributed by atoms with Crippen molar-refractivity contribution in [2.24, 2.45) is 76.0 Å². The first-order valence-electron chi connectivity index (χ1n) is 52.3. The Labute approximate surface area is 802 Å². The van der Waals surface area contributed by atoms with Crippen LogP contribution in [-0.2, 0) is 86.5 Å². The number of hydrogen-bond acceptors (Lipinski definition) is 11. The number of ether oxygens (including phenoxy) is 1. The van der Waals surface area contributed by atoms with Gasteiger partial charge in [-0.15, -0.1) is 0 Å². The molecule has 3 amide bonds. The maximum absolute atomic E-state index is 14.5. The van der Waals surface area contributed by atoms with Gasteiger partial charge >= 0.3 is 12.1 Å². The number of imidazole rings is 3. The number of hydrogen-bond donors (Lipinski definition) is 5. The first-order valence-corrected chi connectivity index (χ1v) is 52.3. The molecule has 6 heterocycles. The summed E-state index contributed by atoms with van der Waals surface area (Å²) in [4.78, 5) is 111. The largest absolute Gasteiger partial charge is 0.481 e. The van der Waals surface area contributed by atoms with E-state index in [1.54, 1.807) is 6.92 Å². The second-order valence-electron chi connectivity index (χ2n) is 44.0. The number of Topliss-reactive ketones (excluding diaryl/α,β-unsaturated/α-hetero) is 2. The van der Waals surface area contributed by atoms with Gasteiger partial charge in [0.2, 0.25) is 11.8 Å². The monoisotopic (exact) mass is 1830 g/mol. The number of aryl methyl sites for hydroxylation is 8. The number of carboxylic acid groups (broad SMARTS) is 1. The normalized spacial score (nSPS) is 24.4. The zero-order valence-electron chi connectivity index (χ0n) is 81.6. The van der Waals surface area contributed by atoms with E-state index in [4.69, 9.17) is 29.8 Å². The summed E-state index contributed by atoms with van der Waals surface area (Å²) in [6.07, 6.45) is 36.1. The number of H-pyrrole nitrogens is 3. The minimum atomic E-state index is -0.879. The molecule has 18 heteroatoms. The predicted octanol–water partition coefficient (Wildman–Crippen LogP) is 25.6. The molecular weight excluding hydrogens is 1690 g/mol. The first kappa shape index (κ1) is 92.6. The second-order valence-corrected chi connectivity index (χ2v) is 44.0. The van der Waals surface area contributed by atoms with E-state index >= 15 is 0 Å². The number of alkyl carbamates (subject to hydrolysis) is 1. The van der Waals surface area contributed by atoms with Gasteiger partial charge in [0, 0.05) is 48.9 Å². The molecule has 710 valence electrons. The number of benzene rings is 8. The van der Waals surface area contributed by atoms with Crippen molar-refractivity contribution in [1.29, 1.82) is 0 Å². The number of methoxy groups -OCH3 is 1. The lowest BCUT2D eigenvalue weighted by atomic mass is 9.82. The van der Waals surface area contributed by atoms with Gasteiger partial charge in [-0.3, -0.25) is 19.4 Å². The molecule has 15 atom stereocenters. The topological polar surface area (TPSA) is 249 Å². The van der Waals surface area contributed by atoms with Crippen molar-refractivity contribution < 1.29 is 38.6 Å². The summed E-state index contributed by atoms with van der Waals surface area (Å²) in [5, 5.41) is 11.5. The third-order valence-corrected chi connectivity index (χ3v) is 34.2. The number of aliphatic carboxylic acids is 1. The van der Waals surface area contributed by atoms with E-state index in [0.717, 1.165) is 183 Å². The number of carbonyl (C=O) groups excluding carboxylic acids is 5. The van der Waals surface area contributed by atoms with Crippen molar-refractivity contribution >= 4 is 79.9 Å². The van der Waals surface area contributed by atoms with E-state index < -0.39 is 24.0 Å². The lowest BCUT2D eigenvalue weighted by molar-refractivity contribution is -0.145. The molecular formula is C118H140N10O8. The lowest BCUT2D eigenvalue weighted by Gasteiger charge is -2.36. The molecule has 6 saturated carbocycles. The van der Waals surface area contributed by atoms with E-state index in [1.807, 2.05) is 27.7 Å². The zero-order valence-corrected chi connectivity index (χ0v) is 81.6. The molecule has 3 aromatic heterocycles. The Morgan fingerprint density at radius 2 is 0.765 bits per heavy atom. The molecule has 2 unspecified atom stereocenters. The van der Waals surface area contributed by atoms with Crippen LogP contribution >= 0.6 is 0 Å². The van der Waals surface area contributed by atoms with Crippen LogP contribution in [0.1, 0.15) is 295 Å². The summed E-state index contributed by atoms with van der Waals surface area (Å²) in [6, 6.07) is 55.3. The van der Waals surface area contributed by atoms with Gasteiger partial charge in [0.1, 0.15) is 35.1 Å².